The summed E-state index contributed by atoms with van der Waals surface area (Å²) in [6, 6.07) is 4.90. The summed E-state index contributed by atoms with van der Waals surface area (Å²) in [6.07, 6.45) is 3.16. The summed E-state index contributed by atoms with van der Waals surface area (Å²) >= 11 is 0. The monoisotopic (exact) mass is 328 g/mol. The maximum atomic E-state index is 12.6. The molecule has 0 unspecified atom stereocenters. The van der Waals surface area contributed by atoms with Gasteiger partial charge in [-0.3, -0.25) is 9.59 Å². The molecule has 2 aromatic heterocycles. The normalized spacial score (nSPS) is 15.3. The van der Waals surface area contributed by atoms with Crippen LogP contribution in [0.5, 0.6) is 5.88 Å². The van der Waals surface area contributed by atoms with Crippen LogP contribution >= 0.6 is 0 Å². The molecule has 1 fully saturated rings. The zero-order valence-electron chi connectivity index (χ0n) is 13.8. The van der Waals surface area contributed by atoms with Crippen molar-refractivity contribution in [2.75, 3.05) is 20.2 Å². The van der Waals surface area contributed by atoms with E-state index in [1.807, 2.05) is 4.90 Å². The summed E-state index contributed by atoms with van der Waals surface area (Å²) in [7, 11) is 1.53. The number of nitrogens with zero attached hydrogens (tertiary/aromatic N) is 3. The number of pyridine rings is 1. The molecule has 1 aliphatic heterocycles. The number of ether oxygens (including phenoxy) is 1. The SMILES string of the molecule is COc1cc(C(=O)N2CCC(c3cc(=O)[nH]c(C)n3)CC2)ccn1. The van der Waals surface area contributed by atoms with Crippen LogP contribution in [-0.4, -0.2) is 46.0 Å². The first kappa shape index (κ1) is 16.2. The highest BCUT2D eigenvalue weighted by Gasteiger charge is 2.26. The summed E-state index contributed by atoms with van der Waals surface area (Å²) < 4.78 is 5.07. The van der Waals surface area contributed by atoms with Crippen LogP contribution in [0, 0.1) is 6.92 Å². The minimum absolute atomic E-state index is 0.0239. The topological polar surface area (TPSA) is 88.2 Å². The Morgan fingerprint density at radius 3 is 2.75 bits per heavy atom. The second-order valence-corrected chi connectivity index (χ2v) is 5.91. The van der Waals surface area contributed by atoms with Gasteiger partial charge in [-0.15, -0.1) is 0 Å². The van der Waals surface area contributed by atoms with Crippen LogP contribution in [0.3, 0.4) is 0 Å². The lowest BCUT2D eigenvalue weighted by molar-refractivity contribution is 0.0711. The largest absolute Gasteiger partial charge is 0.481 e. The van der Waals surface area contributed by atoms with Gasteiger partial charge >= 0.3 is 0 Å². The Morgan fingerprint density at radius 2 is 2.08 bits per heavy atom. The molecule has 1 saturated heterocycles. The lowest BCUT2D eigenvalue weighted by atomic mass is 9.93. The van der Waals surface area contributed by atoms with Gasteiger partial charge in [0.05, 0.1) is 12.8 Å². The number of likely N-dealkylation sites (tertiary alicyclic amines) is 1. The van der Waals surface area contributed by atoms with Crippen molar-refractivity contribution in [3.8, 4) is 5.88 Å². The van der Waals surface area contributed by atoms with Crippen molar-refractivity contribution in [1.82, 2.24) is 19.9 Å². The molecule has 0 saturated carbocycles. The third-order valence-corrected chi connectivity index (χ3v) is 4.27. The number of hydrogen-bond acceptors (Lipinski definition) is 5. The molecule has 0 atom stereocenters. The molecule has 7 nitrogen and oxygen atoms in total. The minimum atomic E-state index is -0.125. The van der Waals surface area contributed by atoms with Crippen molar-refractivity contribution in [2.24, 2.45) is 0 Å². The highest BCUT2D eigenvalue weighted by Crippen LogP contribution is 2.27. The van der Waals surface area contributed by atoms with Crippen LogP contribution in [0.25, 0.3) is 0 Å². The standard InChI is InChI=1S/C17H20N4O3/c1-11-19-14(10-15(22)20-11)12-4-7-21(8-5-12)17(23)13-3-6-18-16(9-13)24-2/h3,6,9-10,12H,4-5,7-8H2,1-2H3,(H,19,20,22). The summed E-state index contributed by atoms with van der Waals surface area (Å²) in [6.45, 7) is 3.06. The number of nitrogens with one attached hydrogen (secondary N) is 1. The Morgan fingerprint density at radius 1 is 1.33 bits per heavy atom. The fraction of sp³-hybridized carbons (Fsp3) is 0.412. The molecule has 2 aromatic rings. The van der Waals surface area contributed by atoms with Gasteiger partial charge in [-0.25, -0.2) is 9.97 Å². The first-order valence-electron chi connectivity index (χ1n) is 7.94. The summed E-state index contributed by atoms with van der Waals surface area (Å²) in [5.41, 5.74) is 1.26. The van der Waals surface area contributed by atoms with Gasteiger partial charge < -0.3 is 14.6 Å². The first-order valence-corrected chi connectivity index (χ1v) is 7.94. The Kier molecular flexibility index (Phi) is 4.59. The second-order valence-electron chi connectivity index (χ2n) is 5.91. The van der Waals surface area contributed by atoms with E-state index in [9.17, 15) is 9.59 Å². The van der Waals surface area contributed by atoms with Crippen molar-refractivity contribution in [3.05, 3.63) is 51.8 Å². The molecule has 24 heavy (non-hydrogen) atoms. The lowest BCUT2D eigenvalue weighted by Crippen LogP contribution is -2.38. The van der Waals surface area contributed by atoms with Crippen molar-refractivity contribution in [3.63, 3.8) is 0 Å². The fourth-order valence-electron chi connectivity index (χ4n) is 3.03. The molecule has 3 rings (SSSR count). The van der Waals surface area contributed by atoms with E-state index in [0.717, 1.165) is 18.5 Å². The van der Waals surface area contributed by atoms with Crippen LogP contribution < -0.4 is 10.3 Å². The molecule has 1 N–H and O–H groups in total. The number of methoxy groups -OCH3 is 1. The zero-order valence-corrected chi connectivity index (χ0v) is 13.8. The van der Waals surface area contributed by atoms with Gasteiger partial charge in [0.25, 0.3) is 11.5 Å². The van der Waals surface area contributed by atoms with Gasteiger partial charge in [0, 0.05) is 42.9 Å². The summed E-state index contributed by atoms with van der Waals surface area (Å²) in [5.74, 6) is 1.24. The molecule has 1 aliphatic rings. The fourth-order valence-corrected chi connectivity index (χ4v) is 3.03. The number of aromatic nitrogens is 3. The van der Waals surface area contributed by atoms with E-state index in [2.05, 4.69) is 15.0 Å². The Balaban J connectivity index is 1.68. The Labute approximate surface area is 139 Å². The molecule has 126 valence electrons. The van der Waals surface area contributed by atoms with Gasteiger partial charge in [-0.1, -0.05) is 0 Å². The lowest BCUT2D eigenvalue weighted by Gasteiger charge is -2.31. The van der Waals surface area contributed by atoms with E-state index >= 15 is 0 Å². The number of H-pyrrole nitrogens is 1. The van der Waals surface area contributed by atoms with Gasteiger partial charge in [-0.05, 0) is 25.8 Å². The highest BCUT2D eigenvalue weighted by atomic mass is 16.5. The number of rotatable bonds is 3. The molecule has 3 heterocycles. The third kappa shape index (κ3) is 3.45. The van der Waals surface area contributed by atoms with Gasteiger partial charge in [-0.2, -0.15) is 0 Å². The Hall–Kier alpha value is -2.70. The number of piperidine rings is 1. The average Bonchev–Trinajstić information content (AvgIpc) is 2.60. The molecule has 0 aromatic carbocycles. The number of aryl methyl sites for hydroxylation is 1. The van der Waals surface area contributed by atoms with E-state index in [1.54, 1.807) is 31.3 Å². The average molecular weight is 328 g/mol. The quantitative estimate of drug-likeness (QED) is 0.922. The van der Waals surface area contributed by atoms with Crippen LogP contribution in [-0.2, 0) is 0 Å². The van der Waals surface area contributed by atoms with Crippen molar-refractivity contribution >= 4 is 5.91 Å². The molecule has 0 aliphatic carbocycles. The molecule has 1 amide bonds. The molecule has 7 heteroatoms. The number of hydrogen-bond donors (Lipinski definition) is 1. The molecular weight excluding hydrogens is 308 g/mol. The number of aromatic amines is 1. The predicted molar refractivity (Wildman–Crippen MR) is 88.3 cm³/mol. The number of carbonyl (C=O) groups excluding carboxylic acids is 1. The van der Waals surface area contributed by atoms with E-state index in [0.29, 0.717) is 30.4 Å². The van der Waals surface area contributed by atoms with Crippen LogP contribution in [0.15, 0.2) is 29.2 Å². The van der Waals surface area contributed by atoms with E-state index in [1.165, 1.54) is 7.11 Å². The maximum Gasteiger partial charge on any atom is 0.254 e. The van der Waals surface area contributed by atoms with Gasteiger partial charge in [0.1, 0.15) is 5.82 Å². The summed E-state index contributed by atoms with van der Waals surface area (Å²) in [5, 5.41) is 0. The van der Waals surface area contributed by atoms with Gasteiger partial charge in [0.15, 0.2) is 0 Å². The van der Waals surface area contributed by atoms with Crippen molar-refractivity contribution in [2.45, 2.75) is 25.7 Å². The first-order chi connectivity index (χ1) is 11.6. The summed E-state index contributed by atoms with van der Waals surface area (Å²) in [4.78, 5) is 37.1. The van der Waals surface area contributed by atoms with Gasteiger partial charge in [0.2, 0.25) is 5.88 Å². The van der Waals surface area contributed by atoms with Crippen LogP contribution in [0.4, 0.5) is 0 Å². The van der Waals surface area contributed by atoms with E-state index in [-0.39, 0.29) is 17.4 Å². The highest BCUT2D eigenvalue weighted by molar-refractivity contribution is 5.94. The smallest absolute Gasteiger partial charge is 0.254 e. The molecule has 0 radical (unpaired) electrons. The Bertz CT molecular complexity index is 794. The number of carbonyl (C=O) groups is 1. The predicted octanol–water partition coefficient (Wildman–Crippen LogP) is 1.50. The van der Waals surface area contributed by atoms with E-state index < -0.39 is 0 Å². The van der Waals surface area contributed by atoms with Crippen LogP contribution in [0.1, 0.15) is 40.6 Å². The number of amides is 1. The molecular formula is C17H20N4O3. The van der Waals surface area contributed by atoms with E-state index in [4.69, 9.17) is 4.74 Å². The third-order valence-electron chi connectivity index (χ3n) is 4.27. The minimum Gasteiger partial charge on any atom is -0.481 e. The van der Waals surface area contributed by atoms with Crippen LogP contribution in [0.2, 0.25) is 0 Å². The van der Waals surface area contributed by atoms with Crippen molar-refractivity contribution in [1.29, 1.82) is 0 Å². The second kappa shape index (κ2) is 6.82. The maximum absolute atomic E-state index is 12.6. The zero-order chi connectivity index (χ0) is 17.1. The molecule has 0 bridgehead atoms. The molecule has 0 spiro atoms. The van der Waals surface area contributed by atoms with Crippen molar-refractivity contribution < 1.29 is 9.53 Å².